The van der Waals surface area contributed by atoms with Gasteiger partial charge in [0.15, 0.2) is 5.78 Å². The number of nitriles is 1. The van der Waals surface area contributed by atoms with Crippen molar-refractivity contribution in [3.8, 4) is 6.07 Å². The lowest BCUT2D eigenvalue weighted by atomic mass is 9.67. The largest absolute Gasteiger partial charge is 0.512 e. The minimum absolute atomic E-state index is 0.0460. The van der Waals surface area contributed by atoms with Crippen LogP contribution >= 0.6 is 0 Å². The van der Waals surface area contributed by atoms with Gasteiger partial charge in [-0.1, -0.05) is 33.6 Å². The maximum Gasteiger partial charge on any atom is 0.162 e. The molecule has 0 saturated heterocycles. The maximum absolute atomic E-state index is 12.3. The average Bonchev–Trinajstić information content (AvgIpc) is 2.52. The fraction of sp³-hybridized carbons (Fsp3) is 0.778. The molecule has 0 aromatic heterocycles. The Bertz CT molecular complexity index is 405. The Hall–Kier alpha value is -1.30. The van der Waals surface area contributed by atoms with Gasteiger partial charge in [-0.15, -0.1) is 0 Å². The van der Waals surface area contributed by atoms with E-state index < -0.39 is 0 Å². The van der Waals surface area contributed by atoms with Crippen molar-refractivity contribution in [1.29, 1.82) is 5.26 Å². The normalized spacial score (nSPS) is 20.8. The van der Waals surface area contributed by atoms with Crippen molar-refractivity contribution < 1.29 is 9.90 Å². The van der Waals surface area contributed by atoms with Gasteiger partial charge in [0.05, 0.1) is 11.8 Å². The van der Waals surface area contributed by atoms with Crippen LogP contribution in [0.5, 0.6) is 0 Å². The molecule has 0 bridgehead atoms. The van der Waals surface area contributed by atoms with E-state index in [2.05, 4.69) is 19.9 Å². The minimum atomic E-state index is -0.201. The molecule has 3 heteroatoms. The van der Waals surface area contributed by atoms with E-state index in [0.717, 1.165) is 25.7 Å². The predicted octanol–water partition coefficient (Wildman–Crippen LogP) is 4.93. The first-order valence-corrected chi connectivity index (χ1v) is 8.33. The Balaban J connectivity index is 2.64. The Kier molecular flexibility index (Phi) is 6.95. The van der Waals surface area contributed by atoms with Crippen LogP contribution in [0.1, 0.15) is 72.1 Å². The lowest BCUT2D eigenvalue weighted by molar-refractivity contribution is -0.120. The molecule has 0 aliphatic heterocycles. The van der Waals surface area contributed by atoms with Crippen molar-refractivity contribution in [2.45, 2.75) is 72.1 Å². The van der Waals surface area contributed by atoms with Crippen LogP contribution in [-0.2, 0) is 4.79 Å². The van der Waals surface area contributed by atoms with Gasteiger partial charge in [-0.3, -0.25) is 4.79 Å². The van der Waals surface area contributed by atoms with Crippen LogP contribution in [0.2, 0.25) is 0 Å². The third kappa shape index (κ3) is 4.59. The van der Waals surface area contributed by atoms with E-state index in [4.69, 9.17) is 5.26 Å². The van der Waals surface area contributed by atoms with Gasteiger partial charge >= 0.3 is 0 Å². The molecule has 0 aromatic rings. The molecule has 1 aliphatic rings. The summed E-state index contributed by atoms with van der Waals surface area (Å²) in [4.78, 5) is 12.3. The molecule has 1 unspecified atom stereocenters. The molecule has 0 amide bonds. The zero-order chi connectivity index (χ0) is 15.9. The van der Waals surface area contributed by atoms with Crippen LogP contribution in [0.3, 0.4) is 0 Å². The number of aliphatic hydroxyl groups excluding tert-OH is 1. The number of aliphatic hydroxyl groups is 1. The van der Waals surface area contributed by atoms with Crippen LogP contribution < -0.4 is 0 Å². The van der Waals surface area contributed by atoms with E-state index in [-0.39, 0.29) is 29.8 Å². The monoisotopic (exact) mass is 291 g/mol. The lowest BCUT2D eigenvalue weighted by Gasteiger charge is -2.38. The number of carbonyl (C=O) groups is 1. The summed E-state index contributed by atoms with van der Waals surface area (Å²) in [7, 11) is 0. The number of hydrogen-bond acceptors (Lipinski definition) is 3. The molecule has 1 saturated carbocycles. The molecule has 0 radical (unpaired) electrons. The summed E-state index contributed by atoms with van der Waals surface area (Å²) in [6, 6.07) is 2.07. The van der Waals surface area contributed by atoms with Crippen molar-refractivity contribution in [2.24, 2.45) is 17.3 Å². The first-order valence-electron chi connectivity index (χ1n) is 8.33. The second kappa shape index (κ2) is 8.22. The van der Waals surface area contributed by atoms with E-state index in [1.165, 1.54) is 18.9 Å². The van der Waals surface area contributed by atoms with Gasteiger partial charge in [-0.25, -0.2) is 0 Å². The zero-order valence-corrected chi connectivity index (χ0v) is 13.7. The number of allylic oxidation sites excluding steroid dienone is 2. The molecule has 21 heavy (non-hydrogen) atoms. The van der Waals surface area contributed by atoms with E-state index in [9.17, 15) is 9.90 Å². The summed E-state index contributed by atoms with van der Waals surface area (Å²) in [5, 5.41) is 18.8. The summed E-state index contributed by atoms with van der Waals surface area (Å²) >= 11 is 0. The van der Waals surface area contributed by atoms with Gasteiger partial charge in [-0.05, 0) is 37.5 Å². The van der Waals surface area contributed by atoms with Crippen LogP contribution in [0, 0.1) is 28.6 Å². The summed E-state index contributed by atoms with van der Waals surface area (Å²) in [5.74, 6) is -0.0116. The fourth-order valence-electron chi connectivity index (χ4n) is 3.42. The van der Waals surface area contributed by atoms with Gasteiger partial charge in [0, 0.05) is 24.3 Å². The fourth-order valence-corrected chi connectivity index (χ4v) is 3.42. The summed E-state index contributed by atoms with van der Waals surface area (Å²) in [5.41, 5.74) is 0.426. The molecule has 1 N–H and O–H groups in total. The number of rotatable bonds is 7. The van der Waals surface area contributed by atoms with Gasteiger partial charge in [-0.2, -0.15) is 5.26 Å². The van der Waals surface area contributed by atoms with E-state index in [1.807, 2.05) is 6.92 Å². The van der Waals surface area contributed by atoms with Gasteiger partial charge in [0.1, 0.15) is 0 Å². The summed E-state index contributed by atoms with van der Waals surface area (Å²) in [6.45, 7) is 6.41. The second-order valence-electron chi connectivity index (χ2n) is 6.42. The van der Waals surface area contributed by atoms with E-state index >= 15 is 0 Å². The molecule has 0 heterocycles. The molecule has 1 fully saturated rings. The average molecular weight is 291 g/mol. The first kappa shape index (κ1) is 17.8. The van der Waals surface area contributed by atoms with Crippen LogP contribution in [0.25, 0.3) is 0 Å². The summed E-state index contributed by atoms with van der Waals surface area (Å²) < 4.78 is 0. The molecule has 0 aromatic carbocycles. The highest BCUT2D eigenvalue weighted by Crippen LogP contribution is 2.44. The smallest absolute Gasteiger partial charge is 0.162 e. The van der Waals surface area contributed by atoms with Crippen LogP contribution in [0.4, 0.5) is 0 Å². The van der Waals surface area contributed by atoms with Gasteiger partial charge < -0.3 is 5.11 Å². The molecule has 118 valence electrons. The Morgan fingerprint density at radius 1 is 1.33 bits per heavy atom. The Morgan fingerprint density at radius 2 is 1.90 bits per heavy atom. The number of ketones is 1. The van der Waals surface area contributed by atoms with Crippen LogP contribution in [-0.4, -0.2) is 10.9 Å². The second-order valence-corrected chi connectivity index (χ2v) is 6.42. The number of hydrogen-bond donors (Lipinski definition) is 1. The van der Waals surface area contributed by atoms with E-state index in [1.54, 1.807) is 0 Å². The molecule has 3 nitrogen and oxygen atoms in total. The van der Waals surface area contributed by atoms with Crippen LogP contribution in [0.15, 0.2) is 11.8 Å². The highest BCUT2D eigenvalue weighted by Gasteiger charge is 2.34. The molecule has 1 aliphatic carbocycles. The highest BCUT2D eigenvalue weighted by atomic mass is 16.3. The van der Waals surface area contributed by atoms with Crippen molar-refractivity contribution in [1.82, 2.24) is 0 Å². The SMILES string of the molecule is CCC(CC#N)C(O)=CC(=O)C1CCC(CC)(CC)CC1. The topological polar surface area (TPSA) is 61.1 Å². The standard InChI is InChI=1S/C18H29NO2/c1-4-14(9-12-19)16(20)13-17(21)15-7-10-18(5-2,6-3)11-8-15/h13-15,20H,4-11H2,1-3H3. The van der Waals surface area contributed by atoms with Crippen molar-refractivity contribution >= 4 is 5.78 Å². The zero-order valence-electron chi connectivity index (χ0n) is 13.7. The lowest BCUT2D eigenvalue weighted by Crippen LogP contribution is -2.29. The van der Waals surface area contributed by atoms with Gasteiger partial charge in [0.2, 0.25) is 0 Å². The highest BCUT2D eigenvalue weighted by molar-refractivity contribution is 5.92. The molecular formula is C18H29NO2. The predicted molar refractivity (Wildman–Crippen MR) is 84.7 cm³/mol. The third-order valence-corrected chi connectivity index (χ3v) is 5.49. The minimum Gasteiger partial charge on any atom is -0.512 e. The molecule has 0 spiro atoms. The summed E-state index contributed by atoms with van der Waals surface area (Å²) in [6.07, 6.45) is 8.80. The molecular weight excluding hydrogens is 262 g/mol. The van der Waals surface area contributed by atoms with E-state index in [0.29, 0.717) is 11.8 Å². The Morgan fingerprint density at radius 3 is 2.33 bits per heavy atom. The quantitative estimate of drug-likeness (QED) is 0.534. The number of nitrogens with zero attached hydrogens (tertiary/aromatic N) is 1. The number of carbonyl (C=O) groups excluding carboxylic acids is 1. The molecule has 1 atom stereocenters. The maximum atomic E-state index is 12.3. The van der Waals surface area contributed by atoms with Crippen molar-refractivity contribution in [3.05, 3.63) is 11.8 Å². The molecule has 1 rings (SSSR count). The third-order valence-electron chi connectivity index (χ3n) is 5.49. The van der Waals surface area contributed by atoms with Gasteiger partial charge in [0.25, 0.3) is 0 Å². The first-order chi connectivity index (χ1) is 10.0. The Labute approximate surface area is 129 Å². The van der Waals surface area contributed by atoms with Crippen molar-refractivity contribution in [3.63, 3.8) is 0 Å². The van der Waals surface area contributed by atoms with Crippen molar-refractivity contribution in [2.75, 3.05) is 0 Å².